The van der Waals surface area contributed by atoms with Gasteiger partial charge in [0, 0.05) is 6.42 Å². The Morgan fingerprint density at radius 3 is 2.72 bits per heavy atom. The van der Waals surface area contributed by atoms with Crippen molar-refractivity contribution in [3.8, 4) is 6.07 Å². The summed E-state index contributed by atoms with van der Waals surface area (Å²) in [5.74, 6) is -1.54. The number of carbonyl (C=O) groups excluding carboxylic acids is 1. The Morgan fingerprint density at radius 2 is 2.12 bits per heavy atom. The lowest BCUT2D eigenvalue weighted by Gasteiger charge is -2.28. The van der Waals surface area contributed by atoms with E-state index in [0.29, 0.717) is 11.1 Å². The average molecular weight is 348 g/mol. The predicted molar refractivity (Wildman–Crippen MR) is 86.1 cm³/mol. The van der Waals surface area contributed by atoms with Crippen molar-refractivity contribution < 1.29 is 23.0 Å². The maximum absolute atomic E-state index is 12.9. The molecule has 1 aliphatic heterocycles. The molecule has 1 aromatic carbocycles. The first-order valence-corrected chi connectivity index (χ1v) is 7.72. The summed E-state index contributed by atoms with van der Waals surface area (Å²) in [4.78, 5) is 12.4. The SMILES string of the molecule is CCOC(=O)C1=C(C)OC(N)=C(C#N)C1c1ccccc1CC(F)F. The second-order valence-electron chi connectivity index (χ2n) is 5.41. The van der Waals surface area contributed by atoms with Crippen molar-refractivity contribution in [1.82, 2.24) is 0 Å². The monoisotopic (exact) mass is 348 g/mol. The fraction of sp³-hybridized carbons (Fsp3) is 0.333. The van der Waals surface area contributed by atoms with Crippen LogP contribution in [0.3, 0.4) is 0 Å². The normalized spacial score (nSPS) is 17.4. The summed E-state index contributed by atoms with van der Waals surface area (Å²) >= 11 is 0. The molecule has 1 heterocycles. The molecule has 0 aromatic heterocycles. The van der Waals surface area contributed by atoms with Gasteiger partial charge in [0.1, 0.15) is 17.4 Å². The van der Waals surface area contributed by atoms with Gasteiger partial charge in [-0.3, -0.25) is 0 Å². The summed E-state index contributed by atoms with van der Waals surface area (Å²) in [5, 5.41) is 9.49. The van der Waals surface area contributed by atoms with Crippen LogP contribution < -0.4 is 5.73 Å². The Balaban J connectivity index is 2.66. The largest absolute Gasteiger partial charge is 0.463 e. The van der Waals surface area contributed by atoms with Crippen LogP contribution in [0.4, 0.5) is 8.78 Å². The van der Waals surface area contributed by atoms with Crippen LogP contribution in [0.5, 0.6) is 0 Å². The highest BCUT2D eigenvalue weighted by atomic mass is 19.3. The summed E-state index contributed by atoms with van der Waals surface area (Å²) in [6.07, 6.45) is -3.06. The summed E-state index contributed by atoms with van der Waals surface area (Å²) in [7, 11) is 0. The van der Waals surface area contributed by atoms with Gasteiger partial charge in [0.2, 0.25) is 12.3 Å². The molecular weight excluding hydrogens is 330 g/mol. The minimum atomic E-state index is -2.57. The Morgan fingerprint density at radius 1 is 1.44 bits per heavy atom. The van der Waals surface area contributed by atoms with Gasteiger partial charge in [-0.1, -0.05) is 24.3 Å². The topological polar surface area (TPSA) is 85.3 Å². The molecule has 0 saturated carbocycles. The van der Waals surface area contributed by atoms with Gasteiger partial charge in [-0.25, -0.2) is 13.6 Å². The second-order valence-corrected chi connectivity index (χ2v) is 5.41. The number of rotatable bonds is 5. The molecule has 2 rings (SSSR count). The third kappa shape index (κ3) is 3.79. The zero-order valence-corrected chi connectivity index (χ0v) is 13.9. The maximum Gasteiger partial charge on any atom is 0.338 e. The van der Waals surface area contributed by atoms with Crippen LogP contribution in [0.15, 0.2) is 47.1 Å². The Hall–Kier alpha value is -2.88. The first-order chi connectivity index (χ1) is 11.9. The standard InChI is InChI=1S/C18H18F2N2O3/c1-3-24-18(23)15-10(2)25-17(22)13(9-21)16(15)12-7-5-4-6-11(12)8-14(19)20/h4-7,14,16H,3,8,22H2,1-2H3. The molecule has 0 amide bonds. The zero-order chi connectivity index (χ0) is 18.6. The fourth-order valence-corrected chi connectivity index (χ4v) is 2.83. The first-order valence-electron chi connectivity index (χ1n) is 7.72. The molecule has 132 valence electrons. The molecule has 0 saturated heterocycles. The lowest BCUT2D eigenvalue weighted by Crippen LogP contribution is -2.26. The molecule has 1 unspecified atom stereocenters. The van der Waals surface area contributed by atoms with Gasteiger partial charge >= 0.3 is 5.97 Å². The number of hydrogen-bond donors (Lipinski definition) is 1. The number of hydrogen-bond acceptors (Lipinski definition) is 5. The van der Waals surface area contributed by atoms with Crippen molar-refractivity contribution in [2.45, 2.75) is 32.6 Å². The number of alkyl halides is 2. The smallest absolute Gasteiger partial charge is 0.338 e. The molecule has 2 N–H and O–H groups in total. The van der Waals surface area contributed by atoms with Gasteiger partial charge in [-0.15, -0.1) is 0 Å². The molecule has 25 heavy (non-hydrogen) atoms. The minimum absolute atomic E-state index is 0.00429. The lowest BCUT2D eigenvalue weighted by atomic mass is 9.80. The van der Waals surface area contributed by atoms with E-state index in [1.807, 2.05) is 6.07 Å². The van der Waals surface area contributed by atoms with Gasteiger partial charge in [-0.2, -0.15) is 5.26 Å². The lowest BCUT2D eigenvalue weighted by molar-refractivity contribution is -0.139. The number of esters is 1. The Kier molecular flexibility index (Phi) is 5.75. The van der Waals surface area contributed by atoms with E-state index in [4.69, 9.17) is 15.2 Å². The molecule has 0 bridgehead atoms. The number of nitriles is 1. The number of benzene rings is 1. The van der Waals surface area contributed by atoms with Gasteiger partial charge in [0.15, 0.2) is 0 Å². The van der Waals surface area contributed by atoms with E-state index in [2.05, 4.69) is 0 Å². The molecule has 1 aliphatic rings. The Bertz CT molecular complexity index is 779. The number of carbonyl (C=O) groups is 1. The number of nitrogens with zero attached hydrogens (tertiary/aromatic N) is 1. The fourth-order valence-electron chi connectivity index (χ4n) is 2.83. The zero-order valence-electron chi connectivity index (χ0n) is 13.9. The molecule has 1 atom stereocenters. The van der Waals surface area contributed by atoms with Gasteiger partial charge in [0.25, 0.3) is 0 Å². The van der Waals surface area contributed by atoms with E-state index < -0.39 is 24.7 Å². The van der Waals surface area contributed by atoms with E-state index in [1.54, 1.807) is 31.2 Å². The summed E-state index contributed by atoms with van der Waals surface area (Å²) in [6.45, 7) is 3.30. The van der Waals surface area contributed by atoms with E-state index in [0.717, 1.165) is 0 Å². The molecule has 7 heteroatoms. The molecule has 0 aliphatic carbocycles. The number of ether oxygens (including phenoxy) is 2. The number of halogens is 2. The van der Waals surface area contributed by atoms with Gasteiger partial charge < -0.3 is 15.2 Å². The number of nitrogens with two attached hydrogens (primary N) is 1. The van der Waals surface area contributed by atoms with E-state index in [-0.39, 0.29) is 29.4 Å². The molecule has 5 nitrogen and oxygen atoms in total. The van der Waals surface area contributed by atoms with Crippen LogP contribution in [0.2, 0.25) is 0 Å². The van der Waals surface area contributed by atoms with Crippen molar-refractivity contribution in [2.75, 3.05) is 6.61 Å². The van der Waals surface area contributed by atoms with Crippen LogP contribution in [0.1, 0.15) is 30.9 Å². The predicted octanol–water partition coefficient (Wildman–Crippen LogP) is 3.14. The van der Waals surface area contributed by atoms with Crippen molar-refractivity contribution in [1.29, 1.82) is 5.26 Å². The van der Waals surface area contributed by atoms with Crippen LogP contribution in [-0.4, -0.2) is 19.0 Å². The maximum atomic E-state index is 12.9. The molecular formula is C18H18F2N2O3. The van der Waals surface area contributed by atoms with Crippen molar-refractivity contribution in [2.24, 2.45) is 5.73 Å². The molecule has 0 spiro atoms. The van der Waals surface area contributed by atoms with Crippen LogP contribution in [0.25, 0.3) is 0 Å². The third-order valence-electron chi connectivity index (χ3n) is 3.84. The summed E-state index contributed by atoms with van der Waals surface area (Å²) in [6, 6.07) is 8.36. The quantitative estimate of drug-likeness (QED) is 0.826. The number of allylic oxidation sites excluding steroid dienone is 2. The third-order valence-corrected chi connectivity index (χ3v) is 3.84. The molecule has 1 aromatic rings. The highest BCUT2D eigenvalue weighted by Gasteiger charge is 2.37. The van der Waals surface area contributed by atoms with Crippen molar-refractivity contribution in [3.63, 3.8) is 0 Å². The van der Waals surface area contributed by atoms with Crippen LogP contribution in [-0.2, 0) is 20.7 Å². The van der Waals surface area contributed by atoms with Crippen LogP contribution >= 0.6 is 0 Å². The highest BCUT2D eigenvalue weighted by Crippen LogP contribution is 2.41. The minimum Gasteiger partial charge on any atom is -0.463 e. The van der Waals surface area contributed by atoms with Crippen molar-refractivity contribution >= 4 is 5.97 Å². The van der Waals surface area contributed by atoms with E-state index in [1.165, 1.54) is 6.92 Å². The average Bonchev–Trinajstić information content (AvgIpc) is 2.54. The van der Waals surface area contributed by atoms with Crippen molar-refractivity contribution in [3.05, 3.63) is 58.2 Å². The van der Waals surface area contributed by atoms with Crippen LogP contribution in [0, 0.1) is 11.3 Å². The summed E-state index contributed by atoms with van der Waals surface area (Å²) < 4.78 is 36.3. The Labute approximate surface area is 144 Å². The second kappa shape index (κ2) is 7.79. The highest BCUT2D eigenvalue weighted by molar-refractivity contribution is 5.92. The summed E-state index contributed by atoms with van der Waals surface area (Å²) in [5.41, 5.74) is 6.63. The molecule has 0 radical (unpaired) electrons. The van der Waals surface area contributed by atoms with E-state index in [9.17, 15) is 18.8 Å². The molecule has 0 fully saturated rings. The van der Waals surface area contributed by atoms with Gasteiger partial charge in [-0.05, 0) is 25.0 Å². The van der Waals surface area contributed by atoms with E-state index >= 15 is 0 Å². The van der Waals surface area contributed by atoms with Gasteiger partial charge in [0.05, 0.1) is 18.1 Å². The first kappa shape index (κ1) is 18.5.